The van der Waals surface area contributed by atoms with Gasteiger partial charge in [0.15, 0.2) is 0 Å². The topological polar surface area (TPSA) is 56.3 Å². The van der Waals surface area contributed by atoms with Crippen molar-refractivity contribution in [2.45, 2.75) is 20.8 Å². The summed E-state index contributed by atoms with van der Waals surface area (Å²) in [4.78, 5) is 6.54. The van der Waals surface area contributed by atoms with E-state index < -0.39 is 0 Å². The van der Waals surface area contributed by atoms with Crippen LogP contribution in [0.25, 0.3) is 20.8 Å². The zero-order valence-corrected chi connectivity index (χ0v) is 12.7. The first-order chi connectivity index (χ1) is 10.7. The molecule has 0 saturated carbocycles. The molecule has 106 valence electrons. The quantitative estimate of drug-likeness (QED) is 0.514. The summed E-state index contributed by atoms with van der Waals surface area (Å²) in [6, 6.07) is 11.1. The lowest BCUT2D eigenvalue weighted by atomic mass is 9.95. The van der Waals surface area contributed by atoms with Gasteiger partial charge in [-0.05, 0) is 28.2 Å². The Morgan fingerprint density at radius 2 is 1.32 bits per heavy atom. The minimum Gasteiger partial charge on any atom is -0.226 e. The van der Waals surface area contributed by atoms with Crippen LogP contribution in [0.1, 0.15) is 31.9 Å². The van der Waals surface area contributed by atoms with Gasteiger partial charge in [0.2, 0.25) is 0 Å². The number of hydrogen-bond acceptors (Lipinski definition) is 2. The summed E-state index contributed by atoms with van der Waals surface area (Å²) in [6.07, 6.45) is 0. The van der Waals surface area contributed by atoms with E-state index in [1.54, 1.807) is 0 Å². The molecule has 0 aliphatic heterocycles. The van der Waals surface area contributed by atoms with Crippen molar-refractivity contribution in [3.8, 4) is 12.1 Å². The maximum Gasteiger partial charge on any atom is 0.266 e. The van der Waals surface area contributed by atoms with Crippen LogP contribution in [0.5, 0.6) is 0 Å². The standard InChI is InChI=1S/C16H8N4.C2H6/c1-10-15(13(8-17)19-2)11-6-4-5-7-12(11)16(10)14(9-18)20-3;1-2/h4-7,10H,1H3;1-2H3/b15-13-,16-14-;. The summed E-state index contributed by atoms with van der Waals surface area (Å²) in [7, 11) is 0. The van der Waals surface area contributed by atoms with Gasteiger partial charge in [-0.1, -0.05) is 45.0 Å². The first-order valence-electron chi connectivity index (χ1n) is 6.82. The molecule has 1 aromatic rings. The highest BCUT2D eigenvalue weighted by Crippen LogP contribution is 2.48. The minimum absolute atomic E-state index is 0.0159. The second-order valence-corrected chi connectivity index (χ2v) is 4.24. The number of allylic oxidation sites excluding steroid dienone is 4. The van der Waals surface area contributed by atoms with E-state index in [1.165, 1.54) is 0 Å². The van der Waals surface area contributed by atoms with Crippen LogP contribution in [-0.4, -0.2) is 0 Å². The van der Waals surface area contributed by atoms with E-state index in [0.29, 0.717) is 11.1 Å². The normalized spacial score (nSPS) is 19.1. The predicted octanol–water partition coefficient (Wildman–Crippen LogP) is 4.67. The Morgan fingerprint density at radius 3 is 1.59 bits per heavy atom. The van der Waals surface area contributed by atoms with Crippen molar-refractivity contribution in [2.75, 3.05) is 0 Å². The highest BCUT2D eigenvalue weighted by atomic mass is 14.7. The Balaban J connectivity index is 0.00000116. The van der Waals surface area contributed by atoms with Crippen molar-refractivity contribution in [3.05, 3.63) is 69.6 Å². The van der Waals surface area contributed by atoms with Crippen LogP contribution in [0.4, 0.5) is 0 Å². The fraction of sp³-hybridized carbons (Fsp3) is 0.222. The molecule has 1 aromatic carbocycles. The van der Waals surface area contributed by atoms with Crippen LogP contribution >= 0.6 is 0 Å². The van der Waals surface area contributed by atoms with Gasteiger partial charge in [0, 0.05) is 0 Å². The largest absolute Gasteiger partial charge is 0.266 e. The van der Waals surface area contributed by atoms with Crippen molar-refractivity contribution in [1.82, 2.24) is 0 Å². The molecule has 0 atom stereocenters. The molecule has 0 heterocycles. The van der Waals surface area contributed by atoms with Crippen LogP contribution < -0.4 is 0 Å². The third kappa shape index (κ3) is 2.60. The number of rotatable bonds is 0. The Kier molecular flexibility index (Phi) is 5.66. The fourth-order valence-corrected chi connectivity index (χ4v) is 2.52. The molecule has 22 heavy (non-hydrogen) atoms. The number of benzene rings is 1. The van der Waals surface area contributed by atoms with Gasteiger partial charge < -0.3 is 0 Å². The minimum atomic E-state index is -0.306. The maximum atomic E-state index is 9.11. The summed E-state index contributed by atoms with van der Waals surface area (Å²) in [5.41, 5.74) is 2.76. The molecular weight excluding hydrogens is 272 g/mol. The molecule has 0 amide bonds. The highest BCUT2D eigenvalue weighted by molar-refractivity contribution is 5.98. The molecule has 0 fully saturated rings. The lowest BCUT2D eigenvalue weighted by Gasteiger charge is -2.08. The lowest BCUT2D eigenvalue weighted by molar-refractivity contribution is 1.01. The molecule has 0 saturated heterocycles. The number of fused-ring (bicyclic) bond motifs is 1. The molecule has 1 aliphatic rings. The van der Waals surface area contributed by atoms with Crippen LogP contribution in [0, 0.1) is 41.7 Å². The van der Waals surface area contributed by atoms with Crippen LogP contribution in [-0.2, 0) is 0 Å². The molecule has 2 rings (SSSR count). The second-order valence-electron chi connectivity index (χ2n) is 4.24. The van der Waals surface area contributed by atoms with Gasteiger partial charge in [-0.25, -0.2) is 20.2 Å². The van der Waals surface area contributed by atoms with E-state index in [4.69, 9.17) is 23.7 Å². The Bertz CT molecular complexity index is 713. The first-order valence-corrected chi connectivity index (χ1v) is 6.82. The average Bonchev–Trinajstić information content (AvgIpc) is 2.86. The predicted molar refractivity (Wildman–Crippen MR) is 85.2 cm³/mol. The number of nitrogens with zero attached hydrogens (tertiary/aromatic N) is 4. The first kappa shape index (κ1) is 16.7. The van der Waals surface area contributed by atoms with E-state index in [1.807, 2.05) is 57.2 Å². The van der Waals surface area contributed by atoms with Gasteiger partial charge in [0.1, 0.15) is 0 Å². The molecule has 0 bridgehead atoms. The van der Waals surface area contributed by atoms with E-state index in [0.717, 1.165) is 11.1 Å². The molecule has 0 aromatic heterocycles. The highest BCUT2D eigenvalue weighted by Gasteiger charge is 2.32. The Labute approximate surface area is 130 Å². The molecule has 0 spiro atoms. The third-order valence-electron chi connectivity index (χ3n) is 3.32. The van der Waals surface area contributed by atoms with E-state index in [-0.39, 0.29) is 17.3 Å². The molecule has 0 N–H and O–H groups in total. The summed E-state index contributed by atoms with van der Waals surface area (Å²) >= 11 is 0. The van der Waals surface area contributed by atoms with E-state index in [2.05, 4.69) is 9.69 Å². The van der Waals surface area contributed by atoms with Gasteiger partial charge in [-0.3, -0.25) is 0 Å². The van der Waals surface area contributed by atoms with Crippen LogP contribution in [0.15, 0.2) is 35.7 Å². The van der Waals surface area contributed by atoms with Gasteiger partial charge in [0.25, 0.3) is 11.4 Å². The van der Waals surface area contributed by atoms with E-state index in [9.17, 15) is 0 Å². The Hall–Kier alpha value is -3.34. The monoisotopic (exact) mass is 286 g/mol. The van der Waals surface area contributed by atoms with Crippen LogP contribution in [0.3, 0.4) is 0 Å². The molecule has 4 heteroatoms. The van der Waals surface area contributed by atoms with Crippen molar-refractivity contribution >= 4 is 11.1 Å². The van der Waals surface area contributed by atoms with Crippen molar-refractivity contribution in [2.24, 2.45) is 5.92 Å². The summed E-state index contributed by atoms with van der Waals surface area (Å²) < 4.78 is 0. The summed E-state index contributed by atoms with van der Waals surface area (Å²) in [5, 5.41) is 18.2. The molecule has 1 aliphatic carbocycles. The SMILES string of the molecule is CC.[C-]#[N+]/C(C#N)=C1\c2ccccc2/C(=C(/C#N)[N+]#[C-])C1C. The molecular formula is C18H14N4. The number of hydrogen-bond donors (Lipinski definition) is 0. The van der Waals surface area contributed by atoms with Crippen molar-refractivity contribution < 1.29 is 0 Å². The molecule has 4 nitrogen and oxygen atoms in total. The fourth-order valence-electron chi connectivity index (χ4n) is 2.52. The van der Waals surface area contributed by atoms with Crippen molar-refractivity contribution in [1.29, 1.82) is 10.5 Å². The third-order valence-corrected chi connectivity index (χ3v) is 3.32. The molecule has 0 unspecified atom stereocenters. The Morgan fingerprint density at radius 1 is 0.955 bits per heavy atom. The zero-order valence-electron chi connectivity index (χ0n) is 12.7. The van der Waals surface area contributed by atoms with Gasteiger partial charge >= 0.3 is 0 Å². The lowest BCUT2D eigenvalue weighted by Crippen LogP contribution is -1.95. The van der Waals surface area contributed by atoms with Gasteiger partial charge in [0.05, 0.1) is 25.3 Å². The molecule has 0 radical (unpaired) electrons. The smallest absolute Gasteiger partial charge is 0.226 e. The second kappa shape index (κ2) is 7.44. The van der Waals surface area contributed by atoms with E-state index >= 15 is 0 Å². The van der Waals surface area contributed by atoms with Gasteiger partial charge in [-0.15, -0.1) is 0 Å². The van der Waals surface area contributed by atoms with Crippen LogP contribution in [0.2, 0.25) is 0 Å². The van der Waals surface area contributed by atoms with Crippen molar-refractivity contribution in [3.63, 3.8) is 0 Å². The average molecular weight is 286 g/mol. The maximum absolute atomic E-state index is 9.11. The summed E-state index contributed by atoms with van der Waals surface area (Å²) in [6.45, 7) is 20.1. The summed E-state index contributed by atoms with van der Waals surface area (Å²) in [5.74, 6) is -0.306. The zero-order chi connectivity index (χ0) is 16.7. The number of nitriles is 2. The van der Waals surface area contributed by atoms with Gasteiger partial charge in [-0.2, -0.15) is 0 Å².